The zero-order chi connectivity index (χ0) is 16.9. The van der Waals surface area contributed by atoms with E-state index in [1.54, 1.807) is 18.2 Å². The van der Waals surface area contributed by atoms with Crippen molar-refractivity contribution in [2.45, 2.75) is 13.3 Å². The number of aryl methyl sites for hydroxylation is 1. The standard InChI is InChI=1S/C19H17FN2OS/c1-13-3-2-4-15(11-13)18(23)21-10-9-17-12-24-19(22-17)14-5-7-16(20)8-6-14/h2-8,11-12H,9-10H2,1H3,(H,21,23). The number of nitrogens with zero attached hydrogens (tertiary/aromatic N) is 1. The quantitative estimate of drug-likeness (QED) is 0.755. The van der Waals surface area contributed by atoms with Crippen LogP contribution in [0.5, 0.6) is 0 Å². The molecule has 0 saturated carbocycles. The predicted octanol–water partition coefficient (Wildman–Crippen LogP) is 4.23. The molecule has 0 bridgehead atoms. The molecule has 3 aromatic rings. The second-order valence-electron chi connectivity index (χ2n) is 5.53. The number of halogens is 1. The number of carbonyl (C=O) groups excluding carboxylic acids is 1. The maximum absolute atomic E-state index is 13.0. The van der Waals surface area contributed by atoms with Gasteiger partial charge in [-0.15, -0.1) is 11.3 Å². The molecule has 1 heterocycles. The molecular weight excluding hydrogens is 323 g/mol. The van der Waals surface area contributed by atoms with E-state index in [4.69, 9.17) is 0 Å². The molecule has 2 aromatic carbocycles. The minimum Gasteiger partial charge on any atom is -0.352 e. The van der Waals surface area contributed by atoms with Crippen LogP contribution in [0.25, 0.3) is 10.6 Å². The minimum atomic E-state index is -0.255. The minimum absolute atomic E-state index is 0.0762. The molecule has 0 aliphatic carbocycles. The fourth-order valence-corrected chi connectivity index (χ4v) is 3.20. The Balaban J connectivity index is 1.56. The summed E-state index contributed by atoms with van der Waals surface area (Å²) in [5.74, 6) is -0.331. The Morgan fingerprint density at radius 3 is 2.75 bits per heavy atom. The van der Waals surface area contributed by atoms with E-state index in [9.17, 15) is 9.18 Å². The van der Waals surface area contributed by atoms with Gasteiger partial charge in [-0.3, -0.25) is 4.79 Å². The summed E-state index contributed by atoms with van der Waals surface area (Å²) in [6.07, 6.45) is 0.662. The highest BCUT2D eigenvalue weighted by atomic mass is 32.1. The van der Waals surface area contributed by atoms with Gasteiger partial charge in [-0.25, -0.2) is 9.37 Å². The number of aromatic nitrogens is 1. The monoisotopic (exact) mass is 340 g/mol. The van der Waals surface area contributed by atoms with Crippen LogP contribution < -0.4 is 5.32 Å². The number of nitrogens with one attached hydrogen (secondary N) is 1. The molecule has 0 saturated heterocycles. The van der Waals surface area contributed by atoms with Crippen molar-refractivity contribution in [3.05, 3.63) is 76.5 Å². The first kappa shape index (κ1) is 16.3. The molecule has 1 aromatic heterocycles. The SMILES string of the molecule is Cc1cccc(C(=O)NCCc2csc(-c3ccc(F)cc3)n2)c1. The summed E-state index contributed by atoms with van der Waals surface area (Å²) >= 11 is 1.52. The van der Waals surface area contributed by atoms with Crippen LogP contribution in [0.15, 0.2) is 53.9 Å². The Morgan fingerprint density at radius 2 is 2.00 bits per heavy atom. The molecule has 0 fully saturated rings. The fraction of sp³-hybridized carbons (Fsp3) is 0.158. The molecule has 0 aliphatic rings. The lowest BCUT2D eigenvalue weighted by atomic mass is 10.1. The topological polar surface area (TPSA) is 42.0 Å². The van der Waals surface area contributed by atoms with Crippen LogP contribution in [0, 0.1) is 12.7 Å². The van der Waals surface area contributed by atoms with Crippen molar-refractivity contribution in [2.24, 2.45) is 0 Å². The first-order valence-electron chi connectivity index (χ1n) is 7.67. The van der Waals surface area contributed by atoms with E-state index >= 15 is 0 Å². The van der Waals surface area contributed by atoms with Gasteiger partial charge in [0, 0.05) is 29.5 Å². The average molecular weight is 340 g/mol. The zero-order valence-electron chi connectivity index (χ0n) is 13.3. The van der Waals surface area contributed by atoms with Crippen LogP contribution in [-0.2, 0) is 6.42 Å². The van der Waals surface area contributed by atoms with Gasteiger partial charge >= 0.3 is 0 Å². The summed E-state index contributed by atoms with van der Waals surface area (Å²) < 4.78 is 13.0. The molecule has 1 amide bonds. The van der Waals surface area contributed by atoms with Crippen LogP contribution >= 0.6 is 11.3 Å². The number of hydrogen-bond acceptors (Lipinski definition) is 3. The smallest absolute Gasteiger partial charge is 0.251 e. The number of rotatable bonds is 5. The van der Waals surface area contributed by atoms with Gasteiger partial charge in [-0.1, -0.05) is 17.7 Å². The average Bonchev–Trinajstić information content (AvgIpc) is 3.04. The largest absolute Gasteiger partial charge is 0.352 e. The molecule has 122 valence electrons. The number of amides is 1. The van der Waals surface area contributed by atoms with Crippen molar-refractivity contribution in [3.8, 4) is 10.6 Å². The van der Waals surface area contributed by atoms with Gasteiger partial charge in [0.1, 0.15) is 10.8 Å². The lowest BCUT2D eigenvalue weighted by Crippen LogP contribution is -2.25. The Morgan fingerprint density at radius 1 is 1.21 bits per heavy atom. The van der Waals surface area contributed by atoms with Crippen molar-refractivity contribution < 1.29 is 9.18 Å². The van der Waals surface area contributed by atoms with Gasteiger partial charge in [0.2, 0.25) is 0 Å². The van der Waals surface area contributed by atoms with E-state index in [1.165, 1.54) is 23.5 Å². The summed E-state index contributed by atoms with van der Waals surface area (Å²) in [5, 5.41) is 5.73. The first-order chi connectivity index (χ1) is 11.6. The summed E-state index contributed by atoms with van der Waals surface area (Å²) in [6.45, 7) is 2.49. The van der Waals surface area contributed by atoms with Crippen molar-refractivity contribution in [2.75, 3.05) is 6.54 Å². The normalized spacial score (nSPS) is 10.6. The van der Waals surface area contributed by atoms with E-state index in [1.807, 2.05) is 30.5 Å². The van der Waals surface area contributed by atoms with Crippen LogP contribution in [0.1, 0.15) is 21.6 Å². The van der Waals surface area contributed by atoms with Crippen molar-refractivity contribution in [1.82, 2.24) is 10.3 Å². The van der Waals surface area contributed by atoms with Crippen molar-refractivity contribution >= 4 is 17.2 Å². The van der Waals surface area contributed by atoms with Gasteiger partial charge in [0.05, 0.1) is 5.69 Å². The van der Waals surface area contributed by atoms with Crippen molar-refractivity contribution in [3.63, 3.8) is 0 Å². The fourth-order valence-electron chi connectivity index (χ4n) is 2.34. The summed E-state index contributed by atoms with van der Waals surface area (Å²) in [6, 6.07) is 13.8. The maximum atomic E-state index is 13.0. The van der Waals surface area contributed by atoms with E-state index < -0.39 is 0 Å². The predicted molar refractivity (Wildman–Crippen MR) is 94.7 cm³/mol. The third-order valence-corrected chi connectivity index (χ3v) is 4.53. The van der Waals surface area contributed by atoms with Crippen LogP contribution in [0.4, 0.5) is 4.39 Å². The lowest BCUT2D eigenvalue weighted by Gasteiger charge is -2.04. The number of thiazole rings is 1. The molecule has 0 spiro atoms. The Bertz CT molecular complexity index is 843. The highest BCUT2D eigenvalue weighted by molar-refractivity contribution is 7.13. The van der Waals surface area contributed by atoms with E-state index in [2.05, 4.69) is 10.3 Å². The third kappa shape index (κ3) is 4.06. The van der Waals surface area contributed by atoms with Gasteiger partial charge in [0.25, 0.3) is 5.91 Å². The molecule has 0 radical (unpaired) electrons. The number of benzene rings is 2. The molecular formula is C19H17FN2OS. The van der Waals surface area contributed by atoms with Gasteiger partial charge < -0.3 is 5.32 Å². The van der Waals surface area contributed by atoms with E-state index in [0.29, 0.717) is 18.5 Å². The van der Waals surface area contributed by atoms with Crippen LogP contribution in [0.2, 0.25) is 0 Å². The second-order valence-corrected chi connectivity index (χ2v) is 6.38. The third-order valence-electron chi connectivity index (χ3n) is 3.59. The first-order valence-corrected chi connectivity index (χ1v) is 8.55. The summed E-state index contributed by atoms with van der Waals surface area (Å²) in [4.78, 5) is 16.6. The molecule has 24 heavy (non-hydrogen) atoms. The maximum Gasteiger partial charge on any atom is 0.251 e. The number of hydrogen-bond donors (Lipinski definition) is 1. The van der Waals surface area contributed by atoms with Gasteiger partial charge in [-0.05, 0) is 43.3 Å². The molecule has 5 heteroatoms. The van der Waals surface area contributed by atoms with Crippen LogP contribution in [0.3, 0.4) is 0 Å². The van der Waals surface area contributed by atoms with Crippen LogP contribution in [-0.4, -0.2) is 17.4 Å². The van der Waals surface area contributed by atoms with E-state index in [0.717, 1.165) is 21.8 Å². The second kappa shape index (κ2) is 7.36. The number of carbonyl (C=O) groups is 1. The molecule has 3 nitrogen and oxygen atoms in total. The van der Waals surface area contributed by atoms with Crippen molar-refractivity contribution in [1.29, 1.82) is 0 Å². The highest BCUT2D eigenvalue weighted by Gasteiger charge is 2.07. The molecule has 0 aliphatic heterocycles. The Labute approximate surface area is 144 Å². The molecule has 1 N–H and O–H groups in total. The summed E-state index contributed by atoms with van der Waals surface area (Å²) in [7, 11) is 0. The summed E-state index contributed by atoms with van der Waals surface area (Å²) in [5.41, 5.74) is 3.55. The van der Waals surface area contributed by atoms with Gasteiger partial charge in [-0.2, -0.15) is 0 Å². The molecule has 3 rings (SSSR count). The van der Waals surface area contributed by atoms with E-state index in [-0.39, 0.29) is 11.7 Å². The zero-order valence-corrected chi connectivity index (χ0v) is 14.1. The Kier molecular flexibility index (Phi) is 5.01. The Hall–Kier alpha value is -2.53. The highest BCUT2D eigenvalue weighted by Crippen LogP contribution is 2.23. The van der Waals surface area contributed by atoms with Gasteiger partial charge in [0.15, 0.2) is 0 Å². The molecule has 0 atom stereocenters. The molecule has 0 unspecified atom stereocenters. The lowest BCUT2D eigenvalue weighted by molar-refractivity contribution is 0.0954.